The van der Waals surface area contributed by atoms with Crippen molar-refractivity contribution in [2.24, 2.45) is 0 Å². The summed E-state index contributed by atoms with van der Waals surface area (Å²) in [6, 6.07) is 4.24. The van der Waals surface area contributed by atoms with Crippen LogP contribution in [0.5, 0.6) is 0 Å². The van der Waals surface area contributed by atoms with Gasteiger partial charge in [-0.25, -0.2) is 0 Å². The summed E-state index contributed by atoms with van der Waals surface area (Å²) in [5, 5.41) is 7.20. The fraction of sp³-hybridized carbons (Fsp3) is 0.250. The van der Waals surface area contributed by atoms with Gasteiger partial charge in [0, 0.05) is 15.6 Å². The third-order valence-electron chi connectivity index (χ3n) is 2.39. The van der Waals surface area contributed by atoms with Gasteiger partial charge in [-0.2, -0.15) is 4.98 Å². The van der Waals surface area contributed by atoms with Crippen LogP contribution in [-0.4, -0.2) is 16.0 Å². The van der Waals surface area contributed by atoms with Crippen LogP contribution in [0.4, 0.5) is 0 Å². The van der Waals surface area contributed by atoms with Crippen molar-refractivity contribution in [2.45, 2.75) is 19.9 Å². The minimum Gasteiger partial charge on any atom is -0.341 e. The average molecular weight is 300 g/mol. The van der Waals surface area contributed by atoms with Crippen LogP contribution in [0, 0.1) is 6.92 Å². The highest BCUT2D eigenvalue weighted by Gasteiger charge is 2.17. The van der Waals surface area contributed by atoms with Crippen LogP contribution in [0.3, 0.4) is 0 Å². The standard InChI is InChI=1S/C12H11Cl2N3O2/c1-6(12-16-7(2)17-19-12)15-11(18)8-3-9(13)5-10(14)4-8/h3-6H,1-2H3,(H,15,18). The van der Waals surface area contributed by atoms with Gasteiger partial charge in [0.2, 0.25) is 5.89 Å². The maximum atomic E-state index is 12.0. The Morgan fingerprint density at radius 1 is 1.32 bits per heavy atom. The molecule has 1 heterocycles. The maximum absolute atomic E-state index is 12.0. The van der Waals surface area contributed by atoms with E-state index in [9.17, 15) is 4.79 Å². The van der Waals surface area contributed by atoms with E-state index in [-0.39, 0.29) is 5.91 Å². The number of benzene rings is 1. The Morgan fingerprint density at radius 2 is 1.95 bits per heavy atom. The number of hydrogen-bond donors (Lipinski definition) is 1. The van der Waals surface area contributed by atoms with Gasteiger partial charge in [0.1, 0.15) is 6.04 Å². The van der Waals surface area contributed by atoms with Gasteiger partial charge < -0.3 is 9.84 Å². The molecular weight excluding hydrogens is 289 g/mol. The number of aryl methyl sites for hydroxylation is 1. The predicted octanol–water partition coefficient (Wildman–Crippen LogP) is 3.18. The molecule has 7 heteroatoms. The predicted molar refractivity (Wildman–Crippen MR) is 71.4 cm³/mol. The SMILES string of the molecule is Cc1noc(C(C)NC(=O)c2cc(Cl)cc(Cl)c2)n1. The quantitative estimate of drug-likeness (QED) is 0.945. The van der Waals surface area contributed by atoms with E-state index in [1.165, 1.54) is 12.1 Å². The molecular formula is C12H11Cl2N3O2. The van der Waals surface area contributed by atoms with E-state index >= 15 is 0 Å². The van der Waals surface area contributed by atoms with Crippen molar-refractivity contribution in [1.82, 2.24) is 15.5 Å². The lowest BCUT2D eigenvalue weighted by Gasteiger charge is -2.10. The van der Waals surface area contributed by atoms with Gasteiger partial charge in [0.15, 0.2) is 5.82 Å². The number of carbonyl (C=O) groups excluding carboxylic acids is 1. The molecule has 1 aromatic carbocycles. The normalized spacial score (nSPS) is 12.2. The zero-order valence-corrected chi connectivity index (χ0v) is 11.8. The monoisotopic (exact) mass is 299 g/mol. The van der Waals surface area contributed by atoms with Crippen molar-refractivity contribution in [2.75, 3.05) is 0 Å². The second-order valence-corrected chi connectivity index (χ2v) is 4.91. The summed E-state index contributed by atoms with van der Waals surface area (Å²) in [4.78, 5) is 16.1. The zero-order valence-electron chi connectivity index (χ0n) is 10.3. The Kier molecular flexibility index (Phi) is 4.07. The Morgan fingerprint density at radius 3 is 2.47 bits per heavy atom. The van der Waals surface area contributed by atoms with Crippen molar-refractivity contribution in [3.63, 3.8) is 0 Å². The molecule has 0 saturated heterocycles. The Labute approximate surface area is 119 Å². The molecule has 1 N–H and O–H groups in total. The molecule has 0 aliphatic rings. The summed E-state index contributed by atoms with van der Waals surface area (Å²) in [5.41, 5.74) is 0.376. The van der Waals surface area contributed by atoms with E-state index in [0.29, 0.717) is 27.3 Å². The van der Waals surface area contributed by atoms with Crippen molar-refractivity contribution in [3.8, 4) is 0 Å². The Bertz CT molecular complexity index is 593. The van der Waals surface area contributed by atoms with Gasteiger partial charge in [0.05, 0.1) is 0 Å². The highest BCUT2D eigenvalue weighted by molar-refractivity contribution is 6.35. The van der Waals surface area contributed by atoms with Gasteiger partial charge in [-0.1, -0.05) is 28.4 Å². The number of rotatable bonds is 3. The van der Waals surface area contributed by atoms with Crippen LogP contribution < -0.4 is 5.32 Å². The van der Waals surface area contributed by atoms with Crippen molar-refractivity contribution < 1.29 is 9.32 Å². The molecule has 19 heavy (non-hydrogen) atoms. The molecule has 0 radical (unpaired) electrons. The van der Waals surface area contributed by atoms with E-state index in [2.05, 4.69) is 15.5 Å². The number of nitrogens with zero attached hydrogens (tertiary/aromatic N) is 2. The van der Waals surface area contributed by atoms with Crippen LogP contribution in [-0.2, 0) is 0 Å². The molecule has 0 aliphatic carbocycles. The number of amides is 1. The van der Waals surface area contributed by atoms with E-state index in [1.54, 1.807) is 19.9 Å². The van der Waals surface area contributed by atoms with E-state index < -0.39 is 6.04 Å². The molecule has 5 nitrogen and oxygen atoms in total. The number of halogens is 2. The Hall–Kier alpha value is -1.59. The van der Waals surface area contributed by atoms with Gasteiger partial charge in [0.25, 0.3) is 5.91 Å². The first-order chi connectivity index (χ1) is 8.95. The van der Waals surface area contributed by atoms with Gasteiger partial charge in [-0.05, 0) is 32.0 Å². The first kappa shape index (κ1) is 13.8. The summed E-state index contributed by atoms with van der Waals surface area (Å²) in [5.74, 6) is 0.550. The molecule has 1 aromatic heterocycles. The molecule has 1 amide bonds. The maximum Gasteiger partial charge on any atom is 0.252 e. The van der Waals surface area contributed by atoms with Crippen LogP contribution in [0.25, 0.3) is 0 Å². The second-order valence-electron chi connectivity index (χ2n) is 4.03. The fourth-order valence-electron chi connectivity index (χ4n) is 1.52. The highest BCUT2D eigenvalue weighted by atomic mass is 35.5. The van der Waals surface area contributed by atoms with Gasteiger partial charge in [-0.15, -0.1) is 0 Å². The minimum atomic E-state index is -0.397. The van der Waals surface area contributed by atoms with Crippen molar-refractivity contribution in [1.29, 1.82) is 0 Å². The first-order valence-corrected chi connectivity index (χ1v) is 6.28. The van der Waals surface area contributed by atoms with E-state index in [4.69, 9.17) is 27.7 Å². The zero-order chi connectivity index (χ0) is 14.0. The summed E-state index contributed by atoms with van der Waals surface area (Å²) in [6.45, 7) is 3.45. The Balaban J connectivity index is 2.12. The lowest BCUT2D eigenvalue weighted by Crippen LogP contribution is -2.26. The minimum absolute atomic E-state index is 0.312. The summed E-state index contributed by atoms with van der Waals surface area (Å²) >= 11 is 11.7. The first-order valence-electron chi connectivity index (χ1n) is 5.53. The molecule has 0 saturated carbocycles. The molecule has 100 valence electrons. The van der Waals surface area contributed by atoms with Gasteiger partial charge in [-0.3, -0.25) is 4.79 Å². The highest BCUT2D eigenvalue weighted by Crippen LogP contribution is 2.19. The van der Waals surface area contributed by atoms with Crippen LogP contribution in [0.1, 0.15) is 35.0 Å². The summed E-state index contributed by atoms with van der Waals surface area (Å²) in [6.07, 6.45) is 0. The molecule has 0 fully saturated rings. The van der Waals surface area contributed by atoms with Crippen LogP contribution in [0.2, 0.25) is 10.0 Å². The number of carbonyl (C=O) groups is 1. The third-order valence-corrected chi connectivity index (χ3v) is 2.82. The van der Waals surface area contributed by atoms with Crippen molar-refractivity contribution in [3.05, 3.63) is 45.5 Å². The summed E-state index contributed by atoms with van der Waals surface area (Å²) in [7, 11) is 0. The lowest BCUT2D eigenvalue weighted by molar-refractivity contribution is 0.0932. The topological polar surface area (TPSA) is 68.0 Å². The van der Waals surface area contributed by atoms with Crippen LogP contribution >= 0.6 is 23.2 Å². The molecule has 0 aliphatic heterocycles. The smallest absolute Gasteiger partial charge is 0.252 e. The average Bonchev–Trinajstić information content (AvgIpc) is 2.74. The van der Waals surface area contributed by atoms with E-state index in [0.717, 1.165) is 0 Å². The van der Waals surface area contributed by atoms with Crippen molar-refractivity contribution >= 4 is 29.1 Å². The molecule has 2 rings (SSSR count). The number of nitrogens with one attached hydrogen (secondary N) is 1. The molecule has 0 spiro atoms. The third kappa shape index (κ3) is 3.45. The largest absolute Gasteiger partial charge is 0.341 e. The number of aromatic nitrogens is 2. The second kappa shape index (κ2) is 5.59. The molecule has 2 aromatic rings. The molecule has 1 unspecified atom stereocenters. The molecule has 1 atom stereocenters. The molecule has 0 bridgehead atoms. The fourth-order valence-corrected chi connectivity index (χ4v) is 2.04. The lowest BCUT2D eigenvalue weighted by atomic mass is 10.2. The van der Waals surface area contributed by atoms with Crippen LogP contribution in [0.15, 0.2) is 22.7 Å². The van der Waals surface area contributed by atoms with Gasteiger partial charge >= 0.3 is 0 Å². The number of hydrogen-bond acceptors (Lipinski definition) is 4. The van der Waals surface area contributed by atoms with E-state index in [1.807, 2.05) is 0 Å². The summed E-state index contributed by atoms with van der Waals surface area (Å²) < 4.78 is 4.98.